The average Bonchev–Trinajstić information content (AvgIpc) is 3.09. The second-order valence-electron chi connectivity index (χ2n) is 6.79. The molecule has 0 fully saturated rings. The highest BCUT2D eigenvalue weighted by Crippen LogP contribution is 2.31. The molecule has 0 saturated heterocycles. The molecule has 6 heteroatoms. The van der Waals surface area contributed by atoms with Gasteiger partial charge in [0.2, 0.25) is 0 Å². The summed E-state index contributed by atoms with van der Waals surface area (Å²) < 4.78 is 5.15. The third kappa shape index (κ3) is 4.89. The Morgan fingerprint density at radius 1 is 1.11 bits per heavy atom. The van der Waals surface area contributed by atoms with Crippen LogP contribution in [0.2, 0.25) is 0 Å². The number of ether oxygens (including phenoxy) is 1. The lowest BCUT2D eigenvalue weighted by atomic mass is 9.98. The molecule has 2 aromatic carbocycles. The van der Waals surface area contributed by atoms with Gasteiger partial charge in [-0.05, 0) is 56.0 Å². The molecule has 2 amide bonds. The summed E-state index contributed by atoms with van der Waals surface area (Å²) in [5, 5.41) is 8.27. The lowest BCUT2D eigenvalue weighted by molar-refractivity contribution is 0.252. The molecular weight excluding hydrogens is 370 g/mol. The number of urea groups is 1. The third-order valence-electron chi connectivity index (χ3n) is 4.52. The maximum absolute atomic E-state index is 12.2. The van der Waals surface area contributed by atoms with E-state index in [9.17, 15) is 4.79 Å². The number of hydrogen-bond acceptors (Lipinski definition) is 4. The van der Waals surface area contributed by atoms with Crippen LogP contribution in [-0.2, 0) is 6.42 Å². The number of hydrogen-bond donors (Lipinski definition) is 2. The van der Waals surface area contributed by atoms with Crippen LogP contribution < -0.4 is 15.4 Å². The standard InChI is InChI=1S/C22H25N3O2S/c1-14-11-15(2)20(16(3)12-14)19-13-28-22(24-19)25-21(26)23-10-9-17-5-7-18(27-4)8-6-17/h5-8,11-13H,9-10H2,1-4H3,(H2,23,24,25,26). The molecule has 28 heavy (non-hydrogen) atoms. The number of rotatable bonds is 6. The fourth-order valence-corrected chi connectivity index (χ4v) is 3.98. The molecule has 0 saturated carbocycles. The zero-order valence-corrected chi connectivity index (χ0v) is 17.4. The molecule has 0 bridgehead atoms. The van der Waals surface area contributed by atoms with Crippen molar-refractivity contribution in [1.82, 2.24) is 10.3 Å². The van der Waals surface area contributed by atoms with Crippen molar-refractivity contribution in [2.75, 3.05) is 19.0 Å². The van der Waals surface area contributed by atoms with Crippen molar-refractivity contribution in [1.29, 1.82) is 0 Å². The zero-order chi connectivity index (χ0) is 20.1. The summed E-state index contributed by atoms with van der Waals surface area (Å²) in [6.07, 6.45) is 0.752. The first-order valence-corrected chi connectivity index (χ1v) is 10.1. The van der Waals surface area contributed by atoms with E-state index in [-0.39, 0.29) is 6.03 Å². The molecule has 5 nitrogen and oxygen atoms in total. The molecule has 3 rings (SSSR count). The molecule has 146 valence electrons. The van der Waals surface area contributed by atoms with E-state index in [4.69, 9.17) is 4.74 Å². The van der Waals surface area contributed by atoms with E-state index in [0.29, 0.717) is 11.7 Å². The smallest absolute Gasteiger partial charge is 0.321 e. The van der Waals surface area contributed by atoms with Gasteiger partial charge in [0.05, 0.1) is 12.8 Å². The minimum Gasteiger partial charge on any atom is -0.497 e. The fraction of sp³-hybridized carbons (Fsp3) is 0.273. The van der Waals surface area contributed by atoms with Crippen molar-refractivity contribution in [3.8, 4) is 17.0 Å². The SMILES string of the molecule is COc1ccc(CCNC(=O)Nc2nc(-c3c(C)cc(C)cc3C)cs2)cc1. The van der Waals surface area contributed by atoms with Gasteiger partial charge >= 0.3 is 6.03 Å². The third-order valence-corrected chi connectivity index (χ3v) is 5.27. The van der Waals surface area contributed by atoms with Gasteiger partial charge in [-0.1, -0.05) is 29.8 Å². The van der Waals surface area contributed by atoms with Crippen LogP contribution in [0.1, 0.15) is 22.3 Å². The van der Waals surface area contributed by atoms with Crippen molar-refractivity contribution in [2.45, 2.75) is 27.2 Å². The molecule has 2 N–H and O–H groups in total. The monoisotopic (exact) mass is 395 g/mol. The largest absolute Gasteiger partial charge is 0.497 e. The van der Waals surface area contributed by atoms with E-state index in [1.54, 1.807) is 7.11 Å². The Kier molecular flexibility index (Phi) is 6.31. The minimum atomic E-state index is -0.244. The van der Waals surface area contributed by atoms with Gasteiger partial charge in [-0.3, -0.25) is 5.32 Å². The predicted octanol–water partition coefficient (Wildman–Crippen LogP) is 5.11. The molecule has 0 unspecified atom stereocenters. The van der Waals surface area contributed by atoms with Crippen molar-refractivity contribution in [3.05, 3.63) is 64.0 Å². The second kappa shape index (κ2) is 8.89. The highest BCUT2D eigenvalue weighted by atomic mass is 32.1. The van der Waals surface area contributed by atoms with E-state index in [2.05, 4.69) is 48.5 Å². The molecule has 0 radical (unpaired) electrons. The summed E-state index contributed by atoms with van der Waals surface area (Å²) in [5.41, 5.74) is 6.80. The van der Waals surface area contributed by atoms with E-state index in [1.165, 1.54) is 28.0 Å². The number of thiazole rings is 1. The fourth-order valence-electron chi connectivity index (χ4n) is 3.28. The molecule has 0 aliphatic rings. The van der Waals surface area contributed by atoms with Crippen molar-refractivity contribution >= 4 is 22.5 Å². The van der Waals surface area contributed by atoms with Crippen molar-refractivity contribution in [2.24, 2.45) is 0 Å². The van der Waals surface area contributed by atoms with Crippen LogP contribution in [0.25, 0.3) is 11.3 Å². The lowest BCUT2D eigenvalue weighted by Crippen LogP contribution is -2.30. The number of nitrogens with one attached hydrogen (secondary N) is 2. The van der Waals surface area contributed by atoms with Crippen molar-refractivity contribution in [3.63, 3.8) is 0 Å². The summed E-state index contributed by atoms with van der Waals surface area (Å²) in [6.45, 7) is 6.82. The molecular formula is C22H25N3O2S. The summed E-state index contributed by atoms with van der Waals surface area (Å²) >= 11 is 1.43. The highest BCUT2D eigenvalue weighted by Gasteiger charge is 2.12. The van der Waals surface area contributed by atoms with Gasteiger partial charge in [-0.25, -0.2) is 9.78 Å². The maximum atomic E-state index is 12.2. The molecule has 0 aliphatic heterocycles. The summed E-state index contributed by atoms with van der Waals surface area (Å²) in [4.78, 5) is 16.7. The van der Waals surface area contributed by atoms with Crippen molar-refractivity contribution < 1.29 is 9.53 Å². The van der Waals surface area contributed by atoms with Gasteiger partial charge in [-0.2, -0.15) is 0 Å². The quantitative estimate of drug-likeness (QED) is 0.610. The number of nitrogens with zero attached hydrogens (tertiary/aromatic N) is 1. The van der Waals surface area contributed by atoms with E-state index in [1.807, 2.05) is 29.6 Å². The van der Waals surface area contributed by atoms with E-state index < -0.39 is 0 Å². The first-order chi connectivity index (χ1) is 13.5. The number of anilines is 1. The van der Waals surface area contributed by atoms with Crippen LogP contribution in [0.3, 0.4) is 0 Å². The van der Waals surface area contributed by atoms with Crippen LogP contribution in [0.5, 0.6) is 5.75 Å². The van der Waals surface area contributed by atoms with Gasteiger partial charge in [-0.15, -0.1) is 11.3 Å². The summed E-state index contributed by atoms with van der Waals surface area (Å²) in [6, 6.07) is 11.9. The summed E-state index contributed by atoms with van der Waals surface area (Å²) in [5.74, 6) is 0.827. The Morgan fingerprint density at radius 2 is 1.79 bits per heavy atom. The lowest BCUT2D eigenvalue weighted by Gasteiger charge is -2.09. The topological polar surface area (TPSA) is 63.2 Å². The van der Waals surface area contributed by atoms with Gasteiger partial charge < -0.3 is 10.1 Å². The Morgan fingerprint density at radius 3 is 2.43 bits per heavy atom. The number of benzene rings is 2. The number of amides is 2. The van der Waals surface area contributed by atoms with Gasteiger partial charge in [0.25, 0.3) is 0 Å². The van der Waals surface area contributed by atoms with Gasteiger partial charge in [0.15, 0.2) is 5.13 Å². The van der Waals surface area contributed by atoms with E-state index >= 15 is 0 Å². The minimum absolute atomic E-state index is 0.244. The molecule has 3 aromatic rings. The number of carbonyl (C=O) groups excluding carboxylic acids is 1. The highest BCUT2D eigenvalue weighted by molar-refractivity contribution is 7.14. The zero-order valence-electron chi connectivity index (χ0n) is 16.6. The molecule has 0 aliphatic carbocycles. The number of methoxy groups -OCH3 is 1. The Bertz CT molecular complexity index is 941. The van der Waals surface area contributed by atoms with Gasteiger partial charge in [0.1, 0.15) is 5.75 Å². The molecule has 1 heterocycles. The number of carbonyl (C=O) groups is 1. The van der Waals surface area contributed by atoms with Crippen LogP contribution in [0.4, 0.5) is 9.93 Å². The molecule has 0 atom stereocenters. The first kappa shape index (κ1) is 19.9. The molecule has 1 aromatic heterocycles. The van der Waals surface area contributed by atoms with Crippen LogP contribution >= 0.6 is 11.3 Å². The number of aryl methyl sites for hydroxylation is 3. The molecule has 0 spiro atoms. The Labute approximate surface area is 169 Å². The Hall–Kier alpha value is -2.86. The van der Waals surface area contributed by atoms with Gasteiger partial charge in [0, 0.05) is 17.5 Å². The maximum Gasteiger partial charge on any atom is 0.321 e. The first-order valence-electron chi connectivity index (χ1n) is 9.18. The normalized spacial score (nSPS) is 10.6. The predicted molar refractivity (Wildman–Crippen MR) is 115 cm³/mol. The van der Waals surface area contributed by atoms with Crippen LogP contribution in [-0.4, -0.2) is 24.7 Å². The number of aromatic nitrogens is 1. The second-order valence-corrected chi connectivity index (χ2v) is 7.65. The van der Waals surface area contributed by atoms with Crippen LogP contribution in [0.15, 0.2) is 41.8 Å². The average molecular weight is 396 g/mol. The summed E-state index contributed by atoms with van der Waals surface area (Å²) in [7, 11) is 1.65. The van der Waals surface area contributed by atoms with Crippen LogP contribution in [0, 0.1) is 20.8 Å². The Balaban J connectivity index is 1.55. The van der Waals surface area contributed by atoms with E-state index in [0.717, 1.165) is 29.0 Å².